The Morgan fingerprint density at radius 1 is 0.967 bits per heavy atom. The first-order valence-corrected chi connectivity index (χ1v) is 10.5. The van der Waals surface area contributed by atoms with Crippen LogP contribution < -0.4 is 10.2 Å². The third kappa shape index (κ3) is 4.16. The normalized spacial score (nSPS) is 17.7. The molecule has 2 N–H and O–H groups in total. The van der Waals surface area contributed by atoms with Crippen LogP contribution in [0.25, 0.3) is 0 Å². The van der Waals surface area contributed by atoms with E-state index in [4.69, 9.17) is 0 Å². The molecule has 1 saturated heterocycles. The van der Waals surface area contributed by atoms with Gasteiger partial charge < -0.3 is 15.3 Å². The Bertz CT molecular complexity index is 906. The molecule has 0 saturated carbocycles. The van der Waals surface area contributed by atoms with Crippen LogP contribution in [-0.4, -0.2) is 54.1 Å². The number of nitrogens with one attached hydrogen (secondary N) is 1. The zero-order chi connectivity index (χ0) is 21.1. The predicted molar refractivity (Wildman–Crippen MR) is 113 cm³/mol. The molecule has 1 fully saturated rings. The molecule has 0 radical (unpaired) electrons. The molecule has 7 heteroatoms. The summed E-state index contributed by atoms with van der Waals surface area (Å²) < 4.78 is 14.6. The minimum absolute atomic E-state index is 0.0932. The first-order valence-electron chi connectivity index (χ1n) is 10.5. The average molecular weight is 411 g/mol. The number of aliphatic hydroxyl groups is 1. The minimum Gasteiger partial charge on any atom is -0.389 e. The third-order valence-electron chi connectivity index (χ3n) is 5.71. The van der Waals surface area contributed by atoms with Gasteiger partial charge in [-0.3, -0.25) is 14.5 Å². The molecule has 2 aromatic rings. The number of amides is 2. The van der Waals surface area contributed by atoms with Crippen LogP contribution in [-0.2, 0) is 0 Å². The van der Waals surface area contributed by atoms with Gasteiger partial charge >= 0.3 is 0 Å². The number of benzene rings is 2. The monoisotopic (exact) mass is 411 g/mol. The zero-order valence-corrected chi connectivity index (χ0v) is 16.8. The molecule has 2 heterocycles. The molecule has 158 valence electrons. The lowest BCUT2D eigenvalue weighted by atomic mass is 10.1. The number of anilines is 2. The van der Waals surface area contributed by atoms with Gasteiger partial charge in [0.25, 0.3) is 11.8 Å². The zero-order valence-electron chi connectivity index (χ0n) is 16.8. The van der Waals surface area contributed by atoms with Crippen LogP contribution in [0.4, 0.5) is 15.8 Å². The predicted octanol–water partition coefficient (Wildman–Crippen LogP) is 3.28. The van der Waals surface area contributed by atoms with Crippen LogP contribution in [0.1, 0.15) is 46.4 Å². The highest BCUT2D eigenvalue weighted by molar-refractivity contribution is 6.21. The van der Waals surface area contributed by atoms with Gasteiger partial charge in [0.15, 0.2) is 0 Å². The van der Waals surface area contributed by atoms with E-state index in [0.717, 1.165) is 30.8 Å². The fourth-order valence-electron chi connectivity index (χ4n) is 4.10. The van der Waals surface area contributed by atoms with Crippen LogP contribution in [0, 0.1) is 5.82 Å². The van der Waals surface area contributed by atoms with Crippen molar-refractivity contribution in [1.82, 2.24) is 4.90 Å². The largest absolute Gasteiger partial charge is 0.389 e. The number of carbonyl (C=O) groups excluding carboxylic acids is 2. The van der Waals surface area contributed by atoms with Gasteiger partial charge in [-0.05, 0) is 43.2 Å². The Labute approximate surface area is 175 Å². The van der Waals surface area contributed by atoms with Gasteiger partial charge in [0.2, 0.25) is 0 Å². The molecule has 30 heavy (non-hydrogen) atoms. The molecular weight excluding hydrogens is 385 g/mol. The van der Waals surface area contributed by atoms with Gasteiger partial charge in [-0.2, -0.15) is 0 Å². The Morgan fingerprint density at radius 2 is 1.60 bits per heavy atom. The summed E-state index contributed by atoms with van der Waals surface area (Å²) in [6.07, 6.45) is 3.54. The molecule has 0 spiro atoms. The van der Waals surface area contributed by atoms with Crippen LogP contribution in [0.5, 0.6) is 0 Å². The molecule has 0 unspecified atom stereocenters. The minimum atomic E-state index is -0.972. The van der Waals surface area contributed by atoms with Gasteiger partial charge in [0.05, 0.1) is 29.5 Å². The second-order valence-electron chi connectivity index (χ2n) is 7.87. The summed E-state index contributed by atoms with van der Waals surface area (Å²) in [6, 6.07) is 11.6. The number of rotatable bonds is 6. The molecule has 2 aromatic carbocycles. The van der Waals surface area contributed by atoms with E-state index in [2.05, 4.69) is 10.2 Å². The number of β-amino-alcohol motifs (C(OH)–C–C–N with tert-alkyl or cyclic N) is 1. The summed E-state index contributed by atoms with van der Waals surface area (Å²) >= 11 is 0. The number of nitrogens with zero attached hydrogens (tertiary/aromatic N) is 2. The van der Waals surface area contributed by atoms with Gasteiger partial charge in [-0.25, -0.2) is 4.39 Å². The van der Waals surface area contributed by atoms with Crippen molar-refractivity contribution in [2.24, 2.45) is 0 Å². The highest BCUT2D eigenvalue weighted by Crippen LogP contribution is 2.26. The molecule has 4 rings (SSSR count). The topological polar surface area (TPSA) is 72.9 Å². The second kappa shape index (κ2) is 8.83. The number of aliphatic hydroxyl groups excluding tert-OH is 1. The summed E-state index contributed by atoms with van der Waals surface area (Å²) in [5, 5.41) is 13.3. The quantitative estimate of drug-likeness (QED) is 0.714. The number of halogens is 1. The fourth-order valence-corrected chi connectivity index (χ4v) is 4.10. The Hall–Kier alpha value is -2.93. The number of fused-ring (bicyclic) bond motifs is 1. The molecular formula is C23H26FN3O3. The van der Waals surface area contributed by atoms with E-state index in [1.54, 1.807) is 36.4 Å². The molecule has 0 aliphatic carbocycles. The highest BCUT2D eigenvalue weighted by Gasteiger charge is 2.36. The van der Waals surface area contributed by atoms with Gasteiger partial charge in [-0.15, -0.1) is 0 Å². The van der Waals surface area contributed by atoms with E-state index in [1.165, 1.54) is 18.9 Å². The van der Waals surface area contributed by atoms with E-state index < -0.39 is 17.9 Å². The summed E-state index contributed by atoms with van der Waals surface area (Å²) in [6.45, 7) is 1.70. The molecule has 2 aliphatic rings. The lowest BCUT2D eigenvalue weighted by Gasteiger charge is -2.24. The van der Waals surface area contributed by atoms with Crippen molar-refractivity contribution < 1.29 is 19.1 Å². The first kappa shape index (κ1) is 20.3. The number of hydrogen-bond acceptors (Lipinski definition) is 5. The van der Waals surface area contributed by atoms with Crippen molar-refractivity contribution in [1.29, 1.82) is 0 Å². The van der Waals surface area contributed by atoms with Crippen LogP contribution in [0.3, 0.4) is 0 Å². The Morgan fingerprint density at radius 3 is 2.20 bits per heavy atom. The number of carbonyl (C=O) groups is 2. The first-order chi connectivity index (χ1) is 14.5. The summed E-state index contributed by atoms with van der Waals surface area (Å²) in [4.78, 5) is 27.9. The summed E-state index contributed by atoms with van der Waals surface area (Å²) in [7, 11) is 0. The van der Waals surface area contributed by atoms with E-state index in [-0.39, 0.29) is 18.9 Å². The SMILES string of the molecule is O=C1c2ccccc2C(=O)N1C[C@H](O)CNc1ccc(N2CCCCCC2)c(F)c1. The van der Waals surface area contributed by atoms with E-state index in [9.17, 15) is 19.1 Å². The Kier molecular flexibility index (Phi) is 5.99. The van der Waals surface area contributed by atoms with Crippen LogP contribution in [0.2, 0.25) is 0 Å². The smallest absolute Gasteiger partial charge is 0.261 e. The fraction of sp³-hybridized carbons (Fsp3) is 0.391. The van der Waals surface area contributed by atoms with Crippen molar-refractivity contribution in [3.05, 3.63) is 59.4 Å². The molecule has 1 atom stereocenters. The maximum Gasteiger partial charge on any atom is 0.261 e. The van der Waals surface area contributed by atoms with Crippen molar-refractivity contribution in [3.8, 4) is 0 Å². The van der Waals surface area contributed by atoms with Crippen LogP contribution >= 0.6 is 0 Å². The third-order valence-corrected chi connectivity index (χ3v) is 5.71. The highest BCUT2D eigenvalue weighted by atomic mass is 19.1. The molecule has 2 amide bonds. The van der Waals surface area contributed by atoms with Gasteiger partial charge in [-0.1, -0.05) is 25.0 Å². The lowest BCUT2D eigenvalue weighted by Crippen LogP contribution is -2.39. The average Bonchev–Trinajstić information content (AvgIpc) is 2.94. The molecule has 2 aliphatic heterocycles. The lowest BCUT2D eigenvalue weighted by molar-refractivity contribution is 0.0558. The maximum absolute atomic E-state index is 14.6. The molecule has 6 nitrogen and oxygen atoms in total. The van der Waals surface area contributed by atoms with Gasteiger partial charge in [0.1, 0.15) is 5.82 Å². The maximum atomic E-state index is 14.6. The molecule has 0 aromatic heterocycles. The van der Waals surface area contributed by atoms with Crippen molar-refractivity contribution in [3.63, 3.8) is 0 Å². The standard InChI is InChI=1S/C23H26FN3O3/c24-20-13-16(9-10-21(20)26-11-5-1-2-6-12-26)25-14-17(28)15-27-22(29)18-7-3-4-8-19(18)23(27)30/h3-4,7-10,13,17,25,28H,1-2,5-6,11-12,14-15H2/t17-/m1/s1. The van der Waals surface area contributed by atoms with Gasteiger partial charge in [0, 0.05) is 25.3 Å². The van der Waals surface area contributed by atoms with Crippen molar-refractivity contribution in [2.75, 3.05) is 36.4 Å². The van der Waals surface area contributed by atoms with Crippen molar-refractivity contribution >= 4 is 23.2 Å². The van der Waals surface area contributed by atoms with Crippen molar-refractivity contribution in [2.45, 2.75) is 31.8 Å². The van der Waals surface area contributed by atoms with E-state index in [1.807, 2.05) is 0 Å². The van der Waals surface area contributed by atoms with E-state index >= 15 is 0 Å². The number of imide groups is 1. The summed E-state index contributed by atoms with van der Waals surface area (Å²) in [5.74, 6) is -1.10. The summed E-state index contributed by atoms with van der Waals surface area (Å²) in [5.41, 5.74) is 1.86. The number of hydrogen-bond donors (Lipinski definition) is 2. The van der Waals surface area contributed by atoms with E-state index in [0.29, 0.717) is 22.5 Å². The molecule has 0 bridgehead atoms. The van der Waals surface area contributed by atoms with Crippen LogP contribution in [0.15, 0.2) is 42.5 Å². The second-order valence-corrected chi connectivity index (χ2v) is 7.87. The Balaban J connectivity index is 1.34.